The molecule has 1 atom stereocenters. The lowest BCUT2D eigenvalue weighted by molar-refractivity contribution is 0.627. The Balaban J connectivity index is 1.60. The van der Waals surface area contributed by atoms with E-state index in [2.05, 4.69) is 45.2 Å². The van der Waals surface area contributed by atoms with Crippen LogP contribution in [0.1, 0.15) is 19.3 Å². The van der Waals surface area contributed by atoms with Crippen molar-refractivity contribution >= 4 is 22.7 Å². The smallest absolute Gasteiger partial charge is 0.203 e. The van der Waals surface area contributed by atoms with E-state index in [0.717, 1.165) is 29.2 Å². The van der Waals surface area contributed by atoms with Crippen LogP contribution in [0, 0.1) is 5.92 Å². The van der Waals surface area contributed by atoms with Crippen molar-refractivity contribution in [1.29, 1.82) is 0 Å². The van der Waals surface area contributed by atoms with Gasteiger partial charge in [-0.1, -0.05) is 42.5 Å². The molecule has 1 N–H and O–H groups in total. The van der Waals surface area contributed by atoms with Gasteiger partial charge in [0.05, 0.1) is 5.69 Å². The third kappa shape index (κ3) is 3.33. The molecule has 2 aromatic rings. The number of anilines is 1. The summed E-state index contributed by atoms with van der Waals surface area (Å²) in [5, 5.41) is 7.20. The Morgan fingerprint density at radius 3 is 2.95 bits per heavy atom. The highest BCUT2D eigenvalue weighted by Crippen LogP contribution is 2.24. The number of nitrogens with zero attached hydrogens (tertiary/aromatic N) is 2. The van der Waals surface area contributed by atoms with Crippen LogP contribution in [0.2, 0.25) is 0 Å². The maximum atomic E-state index is 4.54. The van der Waals surface area contributed by atoms with Gasteiger partial charge in [-0.05, 0) is 25.2 Å². The van der Waals surface area contributed by atoms with E-state index in [1.807, 2.05) is 24.4 Å². The molecule has 102 valence electrons. The highest BCUT2D eigenvalue weighted by molar-refractivity contribution is 7.14. The zero-order valence-electron chi connectivity index (χ0n) is 11.2. The van der Waals surface area contributed by atoms with Gasteiger partial charge in [-0.25, -0.2) is 4.98 Å². The third-order valence-electron chi connectivity index (χ3n) is 3.33. The molecule has 0 radical (unpaired) electrons. The largest absolute Gasteiger partial charge is 0.253 e. The highest BCUT2D eigenvalue weighted by Gasteiger charge is 2.07. The van der Waals surface area contributed by atoms with E-state index < -0.39 is 0 Å². The monoisotopic (exact) mass is 283 g/mol. The number of nitrogens with one attached hydrogen (secondary N) is 1. The Morgan fingerprint density at radius 2 is 2.15 bits per heavy atom. The quantitative estimate of drug-likeness (QED) is 0.507. The summed E-state index contributed by atoms with van der Waals surface area (Å²) in [7, 11) is 0. The fraction of sp³-hybridized carbons (Fsp3) is 0.250. The first-order valence-electron chi connectivity index (χ1n) is 6.87. The van der Waals surface area contributed by atoms with Crippen molar-refractivity contribution < 1.29 is 0 Å². The second kappa shape index (κ2) is 6.48. The molecule has 1 aliphatic carbocycles. The van der Waals surface area contributed by atoms with E-state index in [1.54, 1.807) is 11.3 Å². The lowest BCUT2D eigenvalue weighted by Gasteiger charge is -2.11. The van der Waals surface area contributed by atoms with Crippen molar-refractivity contribution in [2.24, 2.45) is 11.0 Å². The number of hydrogen-bond acceptors (Lipinski definition) is 4. The SMILES string of the molecule is C1=CCC(/C=N/Nc2nc(-c3ccccc3)cs2)CC1. The van der Waals surface area contributed by atoms with Gasteiger partial charge in [0.25, 0.3) is 0 Å². The molecule has 4 heteroatoms. The molecule has 3 nitrogen and oxygen atoms in total. The van der Waals surface area contributed by atoms with E-state index in [9.17, 15) is 0 Å². The van der Waals surface area contributed by atoms with Crippen LogP contribution >= 0.6 is 11.3 Å². The van der Waals surface area contributed by atoms with Crippen molar-refractivity contribution in [1.82, 2.24) is 4.98 Å². The topological polar surface area (TPSA) is 37.3 Å². The van der Waals surface area contributed by atoms with Gasteiger partial charge in [0.15, 0.2) is 0 Å². The summed E-state index contributed by atoms with van der Waals surface area (Å²) in [5.41, 5.74) is 5.17. The molecule has 0 saturated carbocycles. The summed E-state index contributed by atoms with van der Waals surface area (Å²) in [4.78, 5) is 4.54. The summed E-state index contributed by atoms with van der Waals surface area (Å²) in [5.74, 6) is 0.557. The van der Waals surface area contributed by atoms with Gasteiger partial charge in [0.1, 0.15) is 0 Å². The molecule has 1 aliphatic rings. The fourth-order valence-corrected chi connectivity index (χ4v) is 2.89. The van der Waals surface area contributed by atoms with Crippen LogP contribution in [0.15, 0.2) is 53.0 Å². The summed E-state index contributed by atoms with van der Waals surface area (Å²) in [6.45, 7) is 0. The van der Waals surface area contributed by atoms with Crippen molar-refractivity contribution in [3.63, 3.8) is 0 Å². The Kier molecular flexibility index (Phi) is 4.23. The number of thiazole rings is 1. The van der Waals surface area contributed by atoms with E-state index in [1.165, 1.54) is 6.42 Å². The number of hydrogen-bond donors (Lipinski definition) is 1. The first-order chi connectivity index (χ1) is 9.92. The number of aromatic nitrogens is 1. The molecule has 1 heterocycles. The van der Waals surface area contributed by atoms with E-state index in [-0.39, 0.29) is 0 Å². The summed E-state index contributed by atoms with van der Waals surface area (Å²) >= 11 is 1.58. The minimum atomic E-state index is 0.557. The number of hydrazone groups is 1. The predicted octanol–water partition coefficient (Wildman–Crippen LogP) is 4.56. The Labute approximate surface area is 123 Å². The molecule has 20 heavy (non-hydrogen) atoms. The molecule has 0 bridgehead atoms. The molecule has 0 fully saturated rings. The van der Waals surface area contributed by atoms with Crippen LogP contribution in [0.5, 0.6) is 0 Å². The van der Waals surface area contributed by atoms with Crippen LogP contribution in [0.25, 0.3) is 11.3 Å². The minimum Gasteiger partial charge on any atom is -0.253 e. The van der Waals surface area contributed by atoms with Gasteiger partial charge in [-0.2, -0.15) is 5.10 Å². The minimum absolute atomic E-state index is 0.557. The van der Waals surface area contributed by atoms with Crippen molar-refractivity contribution in [3.05, 3.63) is 47.9 Å². The normalized spacial score (nSPS) is 18.5. The lowest BCUT2D eigenvalue weighted by atomic mass is 9.96. The summed E-state index contributed by atoms with van der Waals surface area (Å²) in [6.07, 6.45) is 9.92. The van der Waals surface area contributed by atoms with Crippen LogP contribution in [-0.4, -0.2) is 11.2 Å². The van der Waals surface area contributed by atoms with Gasteiger partial charge >= 0.3 is 0 Å². The van der Waals surface area contributed by atoms with Crippen LogP contribution in [0.3, 0.4) is 0 Å². The van der Waals surface area contributed by atoms with Gasteiger partial charge < -0.3 is 0 Å². The Hall–Kier alpha value is -1.94. The van der Waals surface area contributed by atoms with E-state index >= 15 is 0 Å². The summed E-state index contributed by atoms with van der Waals surface area (Å²) < 4.78 is 0. The van der Waals surface area contributed by atoms with E-state index in [4.69, 9.17) is 0 Å². The molecular weight excluding hydrogens is 266 g/mol. The van der Waals surface area contributed by atoms with Gasteiger partial charge in [0.2, 0.25) is 5.13 Å². The maximum absolute atomic E-state index is 4.54. The molecule has 1 aromatic carbocycles. The average Bonchev–Trinajstić information content (AvgIpc) is 2.98. The van der Waals surface area contributed by atoms with Crippen LogP contribution in [0.4, 0.5) is 5.13 Å². The molecule has 0 saturated heterocycles. The van der Waals surface area contributed by atoms with E-state index in [0.29, 0.717) is 5.92 Å². The molecular formula is C16H17N3S. The molecule has 0 aliphatic heterocycles. The highest BCUT2D eigenvalue weighted by atomic mass is 32.1. The second-order valence-electron chi connectivity index (χ2n) is 4.84. The van der Waals surface area contributed by atoms with Gasteiger partial charge in [0, 0.05) is 17.2 Å². The molecule has 0 spiro atoms. The Morgan fingerprint density at radius 1 is 1.25 bits per heavy atom. The fourth-order valence-electron chi connectivity index (χ4n) is 2.22. The third-order valence-corrected chi connectivity index (χ3v) is 4.08. The van der Waals surface area contributed by atoms with Crippen LogP contribution < -0.4 is 5.43 Å². The summed E-state index contributed by atoms with van der Waals surface area (Å²) in [6, 6.07) is 10.2. The van der Waals surface area contributed by atoms with Crippen LogP contribution in [-0.2, 0) is 0 Å². The number of allylic oxidation sites excluding steroid dienone is 2. The first kappa shape index (κ1) is 13.1. The zero-order valence-corrected chi connectivity index (χ0v) is 12.0. The van der Waals surface area contributed by atoms with Gasteiger partial charge in [-0.15, -0.1) is 11.3 Å². The van der Waals surface area contributed by atoms with Crippen molar-refractivity contribution in [3.8, 4) is 11.3 Å². The van der Waals surface area contributed by atoms with Crippen molar-refractivity contribution in [2.75, 3.05) is 5.43 Å². The standard InChI is InChI=1S/C16H17N3S/c1-3-7-13(8-4-1)11-17-19-16-18-15(12-20-16)14-9-5-2-6-10-14/h1-3,5-6,9-13H,4,7-8H2,(H,18,19)/b17-11+. The number of benzene rings is 1. The van der Waals surface area contributed by atoms with Gasteiger partial charge in [-0.3, -0.25) is 5.43 Å². The average molecular weight is 283 g/mol. The lowest BCUT2D eigenvalue weighted by Crippen LogP contribution is -2.04. The number of rotatable bonds is 4. The zero-order chi connectivity index (χ0) is 13.6. The molecule has 0 amide bonds. The maximum Gasteiger partial charge on any atom is 0.203 e. The molecule has 3 rings (SSSR count). The second-order valence-corrected chi connectivity index (χ2v) is 5.70. The van der Waals surface area contributed by atoms with Crippen molar-refractivity contribution in [2.45, 2.75) is 19.3 Å². The molecule has 1 unspecified atom stereocenters. The predicted molar refractivity (Wildman–Crippen MR) is 86.1 cm³/mol. The first-order valence-corrected chi connectivity index (χ1v) is 7.75. The molecule has 1 aromatic heterocycles. The Bertz CT molecular complexity index is 601.